The van der Waals surface area contributed by atoms with Crippen LogP contribution in [0, 0.1) is 6.92 Å². The maximum Gasteiger partial charge on any atom is 0.343 e. The molecule has 0 saturated heterocycles. The van der Waals surface area contributed by atoms with Gasteiger partial charge in [0.15, 0.2) is 0 Å². The number of imidazole rings is 1. The van der Waals surface area contributed by atoms with Crippen LogP contribution in [-0.2, 0) is 11.2 Å². The maximum absolute atomic E-state index is 12.0. The van der Waals surface area contributed by atoms with Gasteiger partial charge in [0.1, 0.15) is 22.9 Å². The first-order chi connectivity index (χ1) is 12.2. The third kappa shape index (κ3) is 4.03. The highest BCUT2D eigenvalue weighted by molar-refractivity contribution is 7.13. The van der Waals surface area contributed by atoms with Crippen LogP contribution in [0.5, 0.6) is 0 Å². The summed E-state index contributed by atoms with van der Waals surface area (Å²) in [4.78, 5) is 29.1. The molecular weight excluding hydrogens is 338 g/mol. The van der Waals surface area contributed by atoms with E-state index >= 15 is 0 Å². The third-order valence-electron chi connectivity index (χ3n) is 3.54. The fraction of sp³-hybridized carbons (Fsp3) is 0.294. The molecule has 0 spiro atoms. The van der Waals surface area contributed by atoms with E-state index in [1.807, 2.05) is 17.5 Å². The molecule has 8 heteroatoms. The molecule has 7 nitrogen and oxygen atoms in total. The Bertz CT molecular complexity index is 845. The van der Waals surface area contributed by atoms with Crippen LogP contribution in [0.2, 0.25) is 0 Å². The SMILES string of the molecule is CCOC(=O)c1cnc(C)nc1NCCc1[nH]cnc1-c1cccs1. The Hall–Kier alpha value is -2.74. The zero-order valence-corrected chi connectivity index (χ0v) is 14.9. The molecule has 0 aliphatic carbocycles. The summed E-state index contributed by atoms with van der Waals surface area (Å²) in [6.45, 7) is 4.46. The number of ether oxygens (including phenoxy) is 1. The second-order valence-electron chi connectivity index (χ2n) is 5.28. The monoisotopic (exact) mass is 357 g/mol. The molecular formula is C17H19N5O2S. The molecule has 2 N–H and O–H groups in total. The topological polar surface area (TPSA) is 92.8 Å². The number of H-pyrrole nitrogens is 1. The van der Waals surface area contributed by atoms with Gasteiger partial charge in [0.05, 0.1) is 17.8 Å². The quantitative estimate of drug-likeness (QED) is 0.631. The van der Waals surface area contributed by atoms with Gasteiger partial charge >= 0.3 is 5.97 Å². The first-order valence-corrected chi connectivity index (χ1v) is 8.87. The van der Waals surface area contributed by atoms with E-state index in [1.54, 1.807) is 31.5 Å². The van der Waals surface area contributed by atoms with Crippen LogP contribution >= 0.6 is 11.3 Å². The van der Waals surface area contributed by atoms with Crippen LogP contribution in [0.1, 0.15) is 28.8 Å². The number of aromatic nitrogens is 4. The Kier molecular flexibility index (Phi) is 5.39. The van der Waals surface area contributed by atoms with Gasteiger partial charge in [-0.1, -0.05) is 6.07 Å². The number of nitrogens with zero attached hydrogens (tertiary/aromatic N) is 3. The Morgan fingerprint density at radius 3 is 3.04 bits per heavy atom. The second-order valence-corrected chi connectivity index (χ2v) is 6.23. The molecule has 0 fully saturated rings. The Balaban J connectivity index is 1.70. The Morgan fingerprint density at radius 2 is 2.28 bits per heavy atom. The van der Waals surface area contributed by atoms with Gasteiger partial charge in [0.25, 0.3) is 0 Å². The summed E-state index contributed by atoms with van der Waals surface area (Å²) < 4.78 is 5.06. The average Bonchev–Trinajstić information content (AvgIpc) is 3.26. The summed E-state index contributed by atoms with van der Waals surface area (Å²) in [5, 5.41) is 5.24. The number of aryl methyl sites for hydroxylation is 1. The fourth-order valence-corrected chi connectivity index (χ4v) is 3.15. The van der Waals surface area contributed by atoms with Crippen LogP contribution in [0.15, 0.2) is 30.0 Å². The number of aromatic amines is 1. The fourth-order valence-electron chi connectivity index (χ4n) is 2.41. The molecule has 3 aromatic rings. The zero-order valence-electron chi connectivity index (χ0n) is 14.1. The molecule has 0 atom stereocenters. The number of nitrogens with one attached hydrogen (secondary N) is 2. The van der Waals surface area contributed by atoms with E-state index in [0.29, 0.717) is 30.4 Å². The number of carbonyl (C=O) groups excluding carboxylic acids is 1. The average molecular weight is 357 g/mol. The van der Waals surface area contributed by atoms with Gasteiger partial charge in [-0.15, -0.1) is 11.3 Å². The molecule has 0 unspecified atom stereocenters. The molecule has 0 aliphatic heterocycles. The summed E-state index contributed by atoms with van der Waals surface area (Å²) in [5.74, 6) is 0.658. The summed E-state index contributed by atoms with van der Waals surface area (Å²) in [6.07, 6.45) is 3.91. The van der Waals surface area contributed by atoms with E-state index < -0.39 is 5.97 Å². The molecule has 0 saturated carbocycles. The Morgan fingerprint density at radius 1 is 1.40 bits per heavy atom. The standard InChI is InChI=1S/C17H19N5O2S/c1-3-24-17(23)12-9-19-11(2)22-16(12)18-7-6-13-15(21-10-20-13)14-5-4-8-25-14/h4-5,8-10H,3,6-7H2,1-2H3,(H,20,21)(H,18,19,22). The molecule has 0 radical (unpaired) electrons. The van der Waals surface area contributed by atoms with Gasteiger partial charge < -0.3 is 15.0 Å². The molecule has 3 heterocycles. The normalized spacial score (nSPS) is 10.6. The minimum Gasteiger partial charge on any atom is -0.462 e. The van der Waals surface area contributed by atoms with Crippen molar-refractivity contribution in [2.75, 3.05) is 18.5 Å². The van der Waals surface area contributed by atoms with Crippen molar-refractivity contribution in [2.24, 2.45) is 0 Å². The second kappa shape index (κ2) is 7.89. The van der Waals surface area contributed by atoms with Crippen LogP contribution in [0.4, 0.5) is 5.82 Å². The van der Waals surface area contributed by atoms with E-state index in [9.17, 15) is 4.79 Å². The third-order valence-corrected chi connectivity index (χ3v) is 4.42. The smallest absolute Gasteiger partial charge is 0.343 e. The molecule has 130 valence electrons. The van der Waals surface area contributed by atoms with Crippen molar-refractivity contribution in [3.05, 3.63) is 47.1 Å². The molecule has 0 aliphatic rings. The maximum atomic E-state index is 12.0. The lowest BCUT2D eigenvalue weighted by Crippen LogP contribution is -2.15. The largest absolute Gasteiger partial charge is 0.462 e. The number of carbonyl (C=O) groups is 1. The van der Waals surface area contributed by atoms with Gasteiger partial charge in [0, 0.05) is 24.9 Å². The predicted molar refractivity (Wildman–Crippen MR) is 96.8 cm³/mol. The number of anilines is 1. The van der Waals surface area contributed by atoms with Crippen molar-refractivity contribution in [2.45, 2.75) is 20.3 Å². The summed E-state index contributed by atoms with van der Waals surface area (Å²) >= 11 is 1.65. The van der Waals surface area contributed by atoms with Crippen molar-refractivity contribution in [1.82, 2.24) is 19.9 Å². The minimum atomic E-state index is -0.425. The summed E-state index contributed by atoms with van der Waals surface area (Å²) in [6, 6.07) is 4.05. The Labute approximate surface area is 149 Å². The highest BCUT2D eigenvalue weighted by Crippen LogP contribution is 2.25. The summed E-state index contributed by atoms with van der Waals surface area (Å²) in [7, 11) is 0. The van der Waals surface area contributed by atoms with Crippen molar-refractivity contribution in [3.63, 3.8) is 0 Å². The first-order valence-electron chi connectivity index (χ1n) is 7.99. The van der Waals surface area contributed by atoms with Crippen LogP contribution in [0.3, 0.4) is 0 Å². The molecule has 25 heavy (non-hydrogen) atoms. The lowest BCUT2D eigenvalue weighted by Gasteiger charge is -2.10. The minimum absolute atomic E-state index is 0.310. The van der Waals surface area contributed by atoms with E-state index in [0.717, 1.165) is 22.7 Å². The lowest BCUT2D eigenvalue weighted by atomic mass is 10.2. The number of esters is 1. The van der Waals surface area contributed by atoms with Gasteiger partial charge in [0.2, 0.25) is 0 Å². The molecule has 3 aromatic heterocycles. The van der Waals surface area contributed by atoms with Crippen molar-refractivity contribution >= 4 is 23.1 Å². The van der Waals surface area contributed by atoms with Crippen LogP contribution in [0.25, 0.3) is 10.6 Å². The number of rotatable bonds is 7. The van der Waals surface area contributed by atoms with Crippen molar-refractivity contribution in [3.8, 4) is 10.6 Å². The lowest BCUT2D eigenvalue weighted by molar-refractivity contribution is 0.0526. The molecule has 0 amide bonds. The van der Waals surface area contributed by atoms with Gasteiger partial charge in [-0.05, 0) is 25.3 Å². The van der Waals surface area contributed by atoms with E-state index in [-0.39, 0.29) is 0 Å². The van der Waals surface area contributed by atoms with Crippen LogP contribution < -0.4 is 5.32 Å². The van der Waals surface area contributed by atoms with Crippen molar-refractivity contribution in [1.29, 1.82) is 0 Å². The number of thiophene rings is 1. The van der Waals surface area contributed by atoms with E-state index in [4.69, 9.17) is 4.74 Å². The zero-order chi connectivity index (χ0) is 17.6. The van der Waals surface area contributed by atoms with E-state index in [1.165, 1.54) is 6.20 Å². The number of hydrogen-bond donors (Lipinski definition) is 2. The van der Waals surface area contributed by atoms with Gasteiger partial charge in [-0.3, -0.25) is 0 Å². The van der Waals surface area contributed by atoms with Crippen LogP contribution in [-0.4, -0.2) is 39.1 Å². The van der Waals surface area contributed by atoms with Crippen molar-refractivity contribution < 1.29 is 9.53 Å². The first kappa shape index (κ1) is 17.1. The van der Waals surface area contributed by atoms with Gasteiger partial charge in [-0.25, -0.2) is 19.7 Å². The number of hydrogen-bond acceptors (Lipinski definition) is 7. The van der Waals surface area contributed by atoms with E-state index in [2.05, 4.69) is 25.3 Å². The highest BCUT2D eigenvalue weighted by Gasteiger charge is 2.15. The predicted octanol–water partition coefficient (Wildman–Crippen LogP) is 3.07. The highest BCUT2D eigenvalue weighted by atomic mass is 32.1. The van der Waals surface area contributed by atoms with Gasteiger partial charge in [-0.2, -0.15) is 0 Å². The summed E-state index contributed by atoms with van der Waals surface area (Å²) in [5.41, 5.74) is 2.34. The molecule has 3 rings (SSSR count). The molecule has 0 bridgehead atoms. The molecule has 0 aromatic carbocycles.